The molecule has 0 aromatic carbocycles. The second kappa shape index (κ2) is 3.88. The van der Waals surface area contributed by atoms with Crippen molar-refractivity contribution in [3.8, 4) is 0 Å². The van der Waals surface area contributed by atoms with E-state index >= 15 is 0 Å². The van der Waals surface area contributed by atoms with E-state index in [1.165, 1.54) is 25.7 Å². The van der Waals surface area contributed by atoms with Crippen LogP contribution in [0.15, 0.2) is 0 Å². The van der Waals surface area contributed by atoms with Crippen molar-refractivity contribution in [1.29, 1.82) is 0 Å². The summed E-state index contributed by atoms with van der Waals surface area (Å²) >= 11 is 0. The minimum Gasteiger partial charge on any atom is -0.351 e. The van der Waals surface area contributed by atoms with Crippen molar-refractivity contribution in [3.63, 3.8) is 0 Å². The van der Waals surface area contributed by atoms with Gasteiger partial charge in [0.1, 0.15) is 0 Å². The summed E-state index contributed by atoms with van der Waals surface area (Å²) in [6.07, 6.45) is 7.30. The molecule has 8 bridgehead atoms. The number of nitrogens with one attached hydrogen (secondary N) is 2. The molecule has 0 aromatic rings. The minimum atomic E-state index is 0.0327. The predicted molar refractivity (Wildman–Crippen MR) is 81.7 cm³/mol. The van der Waals surface area contributed by atoms with E-state index in [-0.39, 0.29) is 22.9 Å². The molecule has 22 heavy (non-hydrogen) atoms. The van der Waals surface area contributed by atoms with Crippen LogP contribution in [0.2, 0.25) is 0 Å². The number of hydrogen-bond donors (Lipinski definition) is 2. The van der Waals surface area contributed by atoms with Gasteiger partial charge in [0.05, 0.1) is 0 Å². The lowest BCUT2D eigenvalue weighted by atomic mass is 9.32. The van der Waals surface area contributed by atoms with Crippen molar-refractivity contribution in [3.05, 3.63) is 0 Å². The summed E-state index contributed by atoms with van der Waals surface area (Å²) in [7, 11) is 0. The molecule has 0 radical (unpaired) electrons. The fraction of sp³-hybridized carbons (Fsp3) is 0.889. The van der Waals surface area contributed by atoms with Gasteiger partial charge in [-0.05, 0) is 74.0 Å². The molecule has 4 nitrogen and oxygen atoms in total. The highest BCUT2D eigenvalue weighted by Gasteiger charge is 2.73. The SMILES string of the molecule is CC(=O)NC12CC3[C@H]4CC5C[C@@H]3[C@@H](C1)C(NC(C)=O)(C5)[C@H]4C2. The van der Waals surface area contributed by atoms with Crippen LogP contribution in [0, 0.1) is 35.5 Å². The highest BCUT2D eigenvalue weighted by atomic mass is 16.2. The predicted octanol–water partition coefficient (Wildman–Crippen LogP) is 1.84. The number of amides is 2. The molecular weight excluding hydrogens is 276 g/mol. The van der Waals surface area contributed by atoms with Crippen LogP contribution in [0.4, 0.5) is 0 Å². The molecule has 0 aromatic heterocycles. The Bertz CT molecular complexity index is 547. The van der Waals surface area contributed by atoms with Crippen molar-refractivity contribution in [2.24, 2.45) is 35.5 Å². The lowest BCUT2D eigenvalue weighted by Crippen LogP contribution is -2.81. The zero-order chi connectivity index (χ0) is 15.3. The summed E-state index contributed by atoms with van der Waals surface area (Å²) in [5, 5.41) is 6.78. The van der Waals surface area contributed by atoms with E-state index in [4.69, 9.17) is 0 Å². The van der Waals surface area contributed by atoms with Crippen LogP contribution in [0.5, 0.6) is 0 Å². The van der Waals surface area contributed by atoms with Crippen molar-refractivity contribution in [1.82, 2.24) is 10.6 Å². The number of carbonyl (C=O) groups excluding carboxylic acids is 2. The third-order valence-corrected chi connectivity index (χ3v) is 7.99. The first-order chi connectivity index (χ1) is 10.4. The molecule has 7 aliphatic carbocycles. The van der Waals surface area contributed by atoms with Gasteiger partial charge in [-0.25, -0.2) is 0 Å². The molecule has 7 fully saturated rings. The minimum absolute atomic E-state index is 0.0327. The summed E-state index contributed by atoms with van der Waals surface area (Å²) in [6, 6.07) is 0. The van der Waals surface area contributed by atoms with Gasteiger partial charge in [-0.2, -0.15) is 0 Å². The molecule has 0 saturated heterocycles. The molecule has 7 rings (SSSR count). The maximum absolute atomic E-state index is 11.9. The molecule has 0 heterocycles. The Labute approximate surface area is 131 Å². The molecule has 4 heteroatoms. The molecule has 2 N–H and O–H groups in total. The van der Waals surface area contributed by atoms with Gasteiger partial charge in [-0.15, -0.1) is 0 Å². The van der Waals surface area contributed by atoms with Crippen LogP contribution in [0.25, 0.3) is 0 Å². The van der Waals surface area contributed by atoms with E-state index in [1.807, 2.05) is 0 Å². The van der Waals surface area contributed by atoms with E-state index in [2.05, 4.69) is 10.6 Å². The highest BCUT2D eigenvalue weighted by Crippen LogP contribution is 2.73. The van der Waals surface area contributed by atoms with Gasteiger partial charge < -0.3 is 10.6 Å². The van der Waals surface area contributed by atoms with E-state index in [0.29, 0.717) is 11.8 Å². The average molecular weight is 302 g/mol. The third kappa shape index (κ3) is 1.45. The molecule has 7 aliphatic rings. The van der Waals surface area contributed by atoms with Crippen LogP contribution < -0.4 is 10.6 Å². The molecular formula is C18H26N2O2. The lowest BCUT2D eigenvalue weighted by molar-refractivity contribution is -0.235. The summed E-state index contributed by atoms with van der Waals surface area (Å²) in [4.78, 5) is 23.7. The fourth-order valence-corrected chi connectivity index (χ4v) is 8.05. The van der Waals surface area contributed by atoms with E-state index in [1.54, 1.807) is 13.8 Å². The number of carbonyl (C=O) groups is 2. The Kier molecular flexibility index (Phi) is 2.36. The number of hydrogen-bond acceptors (Lipinski definition) is 2. The van der Waals surface area contributed by atoms with E-state index in [0.717, 1.165) is 36.5 Å². The topological polar surface area (TPSA) is 58.2 Å². The van der Waals surface area contributed by atoms with Gasteiger partial charge in [0.2, 0.25) is 11.8 Å². The molecule has 8 atom stereocenters. The normalized spacial score (nSPS) is 56.3. The second-order valence-electron chi connectivity index (χ2n) is 9.04. The third-order valence-electron chi connectivity index (χ3n) is 7.99. The van der Waals surface area contributed by atoms with Gasteiger partial charge >= 0.3 is 0 Å². The maximum atomic E-state index is 11.9. The van der Waals surface area contributed by atoms with Gasteiger partial charge in [0.15, 0.2) is 0 Å². The Morgan fingerprint density at radius 2 is 1.41 bits per heavy atom. The summed E-state index contributed by atoms with van der Waals surface area (Å²) in [6.45, 7) is 3.33. The van der Waals surface area contributed by atoms with Crippen molar-refractivity contribution >= 4 is 11.8 Å². The first-order valence-electron chi connectivity index (χ1n) is 9.00. The van der Waals surface area contributed by atoms with Gasteiger partial charge in [0, 0.05) is 24.9 Å². The smallest absolute Gasteiger partial charge is 0.217 e. The summed E-state index contributed by atoms with van der Waals surface area (Å²) in [5.74, 6) is 4.65. The van der Waals surface area contributed by atoms with Crippen LogP contribution >= 0.6 is 0 Å². The fourth-order valence-electron chi connectivity index (χ4n) is 8.05. The molecule has 0 aliphatic heterocycles. The average Bonchev–Trinajstić information content (AvgIpc) is 2.42. The van der Waals surface area contributed by atoms with Crippen molar-refractivity contribution in [2.75, 3.05) is 0 Å². The van der Waals surface area contributed by atoms with Crippen LogP contribution in [0.1, 0.15) is 52.4 Å². The van der Waals surface area contributed by atoms with E-state index < -0.39 is 0 Å². The first-order valence-corrected chi connectivity index (χ1v) is 9.00. The Morgan fingerprint density at radius 3 is 1.95 bits per heavy atom. The zero-order valence-electron chi connectivity index (χ0n) is 13.5. The molecule has 7 saturated carbocycles. The molecule has 4 unspecified atom stereocenters. The summed E-state index contributed by atoms with van der Waals surface area (Å²) in [5.41, 5.74) is 0.0895. The first kappa shape index (κ1) is 13.4. The van der Waals surface area contributed by atoms with Crippen LogP contribution in [0.3, 0.4) is 0 Å². The molecule has 0 spiro atoms. The van der Waals surface area contributed by atoms with Gasteiger partial charge in [-0.3, -0.25) is 9.59 Å². The zero-order valence-corrected chi connectivity index (χ0v) is 13.5. The van der Waals surface area contributed by atoms with Crippen molar-refractivity contribution < 1.29 is 9.59 Å². The molecule has 2 amide bonds. The standard InChI is InChI=1S/C18H26N2O2/c1-9(21)19-17-6-14-12-3-11-4-13(14)16(8-17)18(5-11,15(12)7-17)20-10(2)22/h11-16H,3-8H2,1-2H3,(H,19,21)(H,20,22)/t11?,12-,13+,14?,15+,16-,17?,18?. The largest absolute Gasteiger partial charge is 0.351 e. The van der Waals surface area contributed by atoms with E-state index in [9.17, 15) is 9.59 Å². The highest BCUT2D eigenvalue weighted by molar-refractivity contribution is 5.75. The number of rotatable bonds is 2. The quantitative estimate of drug-likeness (QED) is 0.818. The van der Waals surface area contributed by atoms with Crippen LogP contribution in [-0.2, 0) is 9.59 Å². The van der Waals surface area contributed by atoms with Crippen molar-refractivity contribution in [2.45, 2.75) is 63.5 Å². The maximum Gasteiger partial charge on any atom is 0.217 e. The van der Waals surface area contributed by atoms with Gasteiger partial charge in [-0.1, -0.05) is 0 Å². The Morgan fingerprint density at radius 1 is 0.818 bits per heavy atom. The lowest BCUT2D eigenvalue weighted by Gasteiger charge is -2.76. The second-order valence-corrected chi connectivity index (χ2v) is 9.04. The monoisotopic (exact) mass is 302 g/mol. The Hall–Kier alpha value is -1.06. The summed E-state index contributed by atoms with van der Waals surface area (Å²) < 4.78 is 0. The Balaban J connectivity index is 1.59. The molecule has 120 valence electrons. The van der Waals surface area contributed by atoms with Gasteiger partial charge in [0.25, 0.3) is 0 Å². The van der Waals surface area contributed by atoms with Crippen LogP contribution in [-0.4, -0.2) is 22.9 Å².